The van der Waals surface area contributed by atoms with Crippen LogP contribution in [-0.2, 0) is 4.79 Å². The lowest BCUT2D eigenvalue weighted by atomic mass is 10.0. The molecule has 0 unspecified atom stereocenters. The van der Waals surface area contributed by atoms with Crippen LogP contribution >= 0.6 is 0 Å². The van der Waals surface area contributed by atoms with Crippen molar-refractivity contribution in [3.63, 3.8) is 0 Å². The molecule has 0 saturated heterocycles. The summed E-state index contributed by atoms with van der Waals surface area (Å²) < 4.78 is 4.61. The van der Waals surface area contributed by atoms with E-state index < -0.39 is 5.78 Å². The van der Waals surface area contributed by atoms with Gasteiger partial charge in [-0.05, 0) is 38.1 Å². The number of anilines is 1. The minimum Gasteiger partial charge on any atom is -0.507 e. The second kappa shape index (κ2) is 7.50. The maximum absolute atomic E-state index is 12.5. The Kier molecular flexibility index (Phi) is 5.42. The number of ketones is 1. The predicted molar refractivity (Wildman–Crippen MR) is 89.9 cm³/mol. The van der Waals surface area contributed by atoms with Gasteiger partial charge in [0.2, 0.25) is 0 Å². The summed E-state index contributed by atoms with van der Waals surface area (Å²) in [7, 11) is 0. The van der Waals surface area contributed by atoms with Crippen LogP contribution in [0.5, 0.6) is 17.2 Å². The minimum absolute atomic E-state index is 0.0131. The number of benzene rings is 2. The lowest BCUT2D eigenvalue weighted by Gasteiger charge is -2.21. The Bertz CT molecular complexity index is 753. The van der Waals surface area contributed by atoms with Crippen LogP contribution in [0.1, 0.15) is 29.8 Å². The van der Waals surface area contributed by atoms with Crippen molar-refractivity contribution in [2.75, 3.05) is 18.0 Å². The van der Waals surface area contributed by atoms with Crippen molar-refractivity contribution < 1.29 is 24.5 Å². The summed E-state index contributed by atoms with van der Waals surface area (Å²) in [6, 6.07) is 8.71. The Labute approximate surface area is 139 Å². The van der Waals surface area contributed by atoms with Gasteiger partial charge in [-0.1, -0.05) is 0 Å². The van der Waals surface area contributed by atoms with E-state index in [1.165, 1.54) is 30.3 Å². The topological polar surface area (TPSA) is 87.1 Å². The molecular weight excluding hydrogens is 310 g/mol. The zero-order valence-corrected chi connectivity index (χ0v) is 13.5. The lowest BCUT2D eigenvalue weighted by Crippen LogP contribution is -2.21. The number of rotatable bonds is 7. The SMILES string of the molecule is CCN(CC)c1ccc(C(=O)c2ccc(OC=O)cc2O)c(O)c1. The molecule has 0 aliphatic rings. The standard InChI is InChI=1S/C18H19NO5/c1-3-19(4-2)12-5-7-14(16(21)9-12)18(23)15-8-6-13(24-11-20)10-17(15)22/h5-11,21-22H,3-4H2,1-2H3. The molecule has 0 atom stereocenters. The Balaban J connectivity index is 2.35. The molecule has 6 heteroatoms. The average Bonchev–Trinajstić information content (AvgIpc) is 2.56. The van der Waals surface area contributed by atoms with E-state index in [2.05, 4.69) is 4.74 Å². The largest absolute Gasteiger partial charge is 0.507 e. The van der Waals surface area contributed by atoms with Crippen LogP contribution in [-0.4, -0.2) is 35.6 Å². The quantitative estimate of drug-likeness (QED) is 0.600. The summed E-state index contributed by atoms with van der Waals surface area (Å²) in [5.41, 5.74) is 0.914. The molecule has 0 radical (unpaired) electrons. The summed E-state index contributed by atoms with van der Waals surface area (Å²) in [4.78, 5) is 24.9. The van der Waals surface area contributed by atoms with Gasteiger partial charge >= 0.3 is 0 Å². The van der Waals surface area contributed by atoms with Crippen LogP contribution in [0.25, 0.3) is 0 Å². The first-order valence-corrected chi connectivity index (χ1v) is 7.57. The second-order valence-corrected chi connectivity index (χ2v) is 5.10. The molecule has 0 heterocycles. The number of nitrogens with zero attached hydrogens (tertiary/aromatic N) is 1. The molecular formula is C18H19NO5. The molecule has 0 aromatic heterocycles. The molecule has 2 N–H and O–H groups in total. The molecule has 0 aliphatic carbocycles. The van der Waals surface area contributed by atoms with Crippen molar-refractivity contribution in [3.8, 4) is 17.2 Å². The van der Waals surface area contributed by atoms with Crippen LogP contribution in [0.15, 0.2) is 36.4 Å². The van der Waals surface area contributed by atoms with E-state index in [1.807, 2.05) is 18.7 Å². The minimum atomic E-state index is -0.520. The van der Waals surface area contributed by atoms with Gasteiger partial charge in [0.05, 0.1) is 11.1 Å². The summed E-state index contributed by atoms with van der Waals surface area (Å²) >= 11 is 0. The van der Waals surface area contributed by atoms with Gasteiger partial charge in [-0.15, -0.1) is 0 Å². The van der Waals surface area contributed by atoms with E-state index in [4.69, 9.17) is 0 Å². The van der Waals surface area contributed by atoms with E-state index >= 15 is 0 Å². The molecule has 6 nitrogen and oxygen atoms in total. The van der Waals surface area contributed by atoms with E-state index in [9.17, 15) is 19.8 Å². The van der Waals surface area contributed by atoms with Crippen LogP contribution in [0.2, 0.25) is 0 Å². The van der Waals surface area contributed by atoms with Gasteiger partial charge in [-0.2, -0.15) is 0 Å². The molecule has 2 aromatic rings. The Morgan fingerprint density at radius 1 is 1.04 bits per heavy atom. The molecule has 2 aromatic carbocycles. The number of carbonyl (C=O) groups is 2. The fourth-order valence-corrected chi connectivity index (χ4v) is 2.47. The Morgan fingerprint density at radius 3 is 2.12 bits per heavy atom. The summed E-state index contributed by atoms with van der Waals surface area (Å²) in [6.07, 6.45) is 0. The third-order valence-electron chi connectivity index (χ3n) is 3.75. The van der Waals surface area contributed by atoms with Gasteiger partial charge in [-0.3, -0.25) is 9.59 Å². The number of phenolic OH excluding ortho intramolecular Hbond substituents is 2. The van der Waals surface area contributed by atoms with Gasteiger partial charge in [0.1, 0.15) is 17.2 Å². The maximum atomic E-state index is 12.5. The summed E-state index contributed by atoms with van der Waals surface area (Å²) in [5.74, 6) is -0.877. The Hall–Kier alpha value is -3.02. The van der Waals surface area contributed by atoms with Crippen LogP contribution in [0, 0.1) is 0 Å². The molecule has 0 amide bonds. The molecule has 0 spiro atoms. The highest BCUT2D eigenvalue weighted by molar-refractivity contribution is 6.12. The highest BCUT2D eigenvalue weighted by atomic mass is 16.5. The molecule has 2 rings (SSSR count). The van der Waals surface area contributed by atoms with Gasteiger partial charge < -0.3 is 19.8 Å². The van der Waals surface area contributed by atoms with Gasteiger partial charge in [0.25, 0.3) is 6.47 Å². The van der Waals surface area contributed by atoms with Crippen molar-refractivity contribution in [2.24, 2.45) is 0 Å². The van der Waals surface area contributed by atoms with Crippen molar-refractivity contribution in [1.82, 2.24) is 0 Å². The molecule has 0 bridgehead atoms. The van der Waals surface area contributed by atoms with E-state index in [0.29, 0.717) is 0 Å². The number of hydrogen-bond acceptors (Lipinski definition) is 6. The molecule has 0 aliphatic heterocycles. The first-order chi connectivity index (χ1) is 11.5. The molecule has 126 valence electrons. The van der Waals surface area contributed by atoms with Crippen molar-refractivity contribution in [1.29, 1.82) is 0 Å². The molecule has 0 fully saturated rings. The number of ether oxygens (including phenoxy) is 1. The maximum Gasteiger partial charge on any atom is 0.298 e. The number of phenols is 2. The van der Waals surface area contributed by atoms with Crippen molar-refractivity contribution in [3.05, 3.63) is 47.5 Å². The fourth-order valence-electron chi connectivity index (χ4n) is 2.47. The van der Waals surface area contributed by atoms with Crippen LogP contribution < -0.4 is 9.64 Å². The highest BCUT2D eigenvalue weighted by Crippen LogP contribution is 2.30. The predicted octanol–water partition coefficient (Wildman–Crippen LogP) is 2.71. The second-order valence-electron chi connectivity index (χ2n) is 5.10. The fraction of sp³-hybridized carbons (Fsp3) is 0.222. The third kappa shape index (κ3) is 3.48. The van der Waals surface area contributed by atoms with Crippen molar-refractivity contribution >= 4 is 17.9 Å². The van der Waals surface area contributed by atoms with Crippen molar-refractivity contribution in [2.45, 2.75) is 13.8 Å². The zero-order valence-electron chi connectivity index (χ0n) is 13.5. The first-order valence-electron chi connectivity index (χ1n) is 7.57. The summed E-state index contributed by atoms with van der Waals surface area (Å²) in [5, 5.41) is 20.1. The highest BCUT2D eigenvalue weighted by Gasteiger charge is 2.18. The number of hydrogen-bond donors (Lipinski definition) is 2. The number of aromatic hydroxyl groups is 2. The van der Waals surface area contributed by atoms with Gasteiger partial charge in [-0.25, -0.2) is 0 Å². The van der Waals surface area contributed by atoms with Gasteiger partial charge in [0, 0.05) is 30.9 Å². The van der Waals surface area contributed by atoms with E-state index in [0.717, 1.165) is 18.8 Å². The molecule has 0 saturated carbocycles. The van der Waals surface area contributed by atoms with Gasteiger partial charge in [0.15, 0.2) is 5.78 Å². The van der Waals surface area contributed by atoms with E-state index in [-0.39, 0.29) is 34.8 Å². The van der Waals surface area contributed by atoms with Crippen LogP contribution in [0.4, 0.5) is 5.69 Å². The van der Waals surface area contributed by atoms with Crippen LogP contribution in [0.3, 0.4) is 0 Å². The smallest absolute Gasteiger partial charge is 0.298 e. The molecule has 24 heavy (non-hydrogen) atoms. The monoisotopic (exact) mass is 329 g/mol. The third-order valence-corrected chi connectivity index (χ3v) is 3.75. The Morgan fingerprint density at radius 2 is 1.62 bits per heavy atom. The summed E-state index contributed by atoms with van der Waals surface area (Å²) in [6.45, 7) is 5.79. The lowest BCUT2D eigenvalue weighted by molar-refractivity contribution is -0.120. The van der Waals surface area contributed by atoms with E-state index in [1.54, 1.807) is 6.07 Å². The normalized spacial score (nSPS) is 10.2. The first kappa shape index (κ1) is 17.3. The number of carbonyl (C=O) groups excluding carboxylic acids is 2. The zero-order chi connectivity index (χ0) is 17.7. The average molecular weight is 329 g/mol.